The Kier molecular flexibility index (Phi) is 9.01. The molecular formula is C28H44N4O2. The molecule has 1 aromatic carbocycles. The Hall–Kier alpha value is -1.92. The van der Waals surface area contributed by atoms with Crippen molar-refractivity contribution in [2.24, 2.45) is 11.8 Å². The second-order valence-electron chi connectivity index (χ2n) is 10.6. The van der Waals surface area contributed by atoms with E-state index in [-0.39, 0.29) is 35.9 Å². The van der Waals surface area contributed by atoms with Crippen LogP contribution in [0, 0.1) is 11.8 Å². The number of piperidine rings is 1. The van der Waals surface area contributed by atoms with Crippen molar-refractivity contribution in [3.8, 4) is 0 Å². The Balaban J connectivity index is 1.43. The van der Waals surface area contributed by atoms with E-state index in [1.165, 1.54) is 18.4 Å². The Morgan fingerprint density at radius 3 is 2.47 bits per heavy atom. The van der Waals surface area contributed by atoms with Crippen LogP contribution in [0.1, 0.15) is 63.9 Å². The van der Waals surface area contributed by atoms with Crippen LogP contribution in [0.4, 0.5) is 0 Å². The second-order valence-corrected chi connectivity index (χ2v) is 10.6. The van der Waals surface area contributed by atoms with E-state index in [2.05, 4.69) is 50.8 Å². The normalized spacial score (nSPS) is 25.5. The summed E-state index contributed by atoms with van der Waals surface area (Å²) in [6.45, 7) is 5.97. The van der Waals surface area contributed by atoms with Crippen molar-refractivity contribution in [3.63, 3.8) is 0 Å². The molecule has 2 amide bonds. The first kappa shape index (κ1) is 25.2. The molecule has 3 fully saturated rings. The van der Waals surface area contributed by atoms with Gasteiger partial charge in [-0.3, -0.25) is 9.59 Å². The van der Waals surface area contributed by atoms with Crippen LogP contribution in [0.5, 0.6) is 0 Å². The van der Waals surface area contributed by atoms with Gasteiger partial charge in [-0.25, -0.2) is 0 Å². The van der Waals surface area contributed by atoms with Gasteiger partial charge in [0.25, 0.3) is 0 Å². The van der Waals surface area contributed by atoms with Gasteiger partial charge in [0.1, 0.15) is 6.04 Å². The fourth-order valence-electron chi connectivity index (χ4n) is 6.42. The van der Waals surface area contributed by atoms with Gasteiger partial charge in [-0.15, -0.1) is 0 Å². The van der Waals surface area contributed by atoms with E-state index in [1.807, 2.05) is 14.0 Å². The highest BCUT2D eigenvalue weighted by atomic mass is 16.2. The van der Waals surface area contributed by atoms with Crippen LogP contribution in [-0.4, -0.2) is 73.0 Å². The van der Waals surface area contributed by atoms with Crippen molar-refractivity contribution in [2.45, 2.75) is 82.8 Å². The fraction of sp³-hybridized carbons (Fsp3) is 0.714. The zero-order valence-corrected chi connectivity index (χ0v) is 21.2. The summed E-state index contributed by atoms with van der Waals surface area (Å²) < 4.78 is 0. The first-order chi connectivity index (χ1) is 16.6. The molecule has 4 atom stereocenters. The molecule has 34 heavy (non-hydrogen) atoms. The fourth-order valence-corrected chi connectivity index (χ4v) is 6.42. The number of rotatable bonds is 9. The highest BCUT2D eigenvalue weighted by molar-refractivity contribution is 5.90. The van der Waals surface area contributed by atoms with Gasteiger partial charge in [-0.2, -0.15) is 0 Å². The van der Waals surface area contributed by atoms with Gasteiger partial charge in [-0.05, 0) is 69.5 Å². The lowest BCUT2D eigenvalue weighted by molar-refractivity contribution is -0.140. The minimum absolute atomic E-state index is 0.0298. The number of amides is 2. The molecule has 0 unspecified atom stereocenters. The topological polar surface area (TPSA) is 64.7 Å². The molecule has 0 radical (unpaired) electrons. The van der Waals surface area contributed by atoms with Gasteiger partial charge in [0.15, 0.2) is 0 Å². The molecule has 0 aromatic heterocycles. The largest absolute Gasteiger partial charge is 0.343 e. The maximum absolute atomic E-state index is 14.0. The summed E-state index contributed by atoms with van der Waals surface area (Å²) >= 11 is 0. The van der Waals surface area contributed by atoms with E-state index in [0.717, 1.165) is 71.1 Å². The highest BCUT2D eigenvalue weighted by Gasteiger charge is 2.44. The number of nitrogens with zero attached hydrogens (tertiary/aromatic N) is 2. The Morgan fingerprint density at radius 2 is 1.76 bits per heavy atom. The molecule has 188 valence electrons. The maximum atomic E-state index is 14.0. The molecule has 6 nitrogen and oxygen atoms in total. The second kappa shape index (κ2) is 12.2. The van der Waals surface area contributed by atoms with E-state index in [4.69, 9.17) is 0 Å². The predicted molar refractivity (Wildman–Crippen MR) is 136 cm³/mol. The van der Waals surface area contributed by atoms with Gasteiger partial charge in [0.05, 0.1) is 6.04 Å². The van der Waals surface area contributed by atoms with Crippen molar-refractivity contribution < 1.29 is 9.59 Å². The summed E-state index contributed by atoms with van der Waals surface area (Å²) in [6.07, 6.45) is 9.68. The van der Waals surface area contributed by atoms with Crippen LogP contribution < -0.4 is 10.6 Å². The number of benzene rings is 1. The van der Waals surface area contributed by atoms with Gasteiger partial charge >= 0.3 is 0 Å². The van der Waals surface area contributed by atoms with Gasteiger partial charge in [-0.1, -0.05) is 56.5 Å². The number of likely N-dealkylation sites (N-methyl/N-ethyl adjacent to an activating group) is 1. The summed E-state index contributed by atoms with van der Waals surface area (Å²) in [5.74, 6) is 0.998. The van der Waals surface area contributed by atoms with Gasteiger partial charge < -0.3 is 20.4 Å². The third-order valence-corrected chi connectivity index (χ3v) is 8.55. The van der Waals surface area contributed by atoms with Crippen LogP contribution in [0.3, 0.4) is 0 Å². The smallest absolute Gasteiger partial charge is 0.245 e. The first-order valence-electron chi connectivity index (χ1n) is 13.6. The summed E-state index contributed by atoms with van der Waals surface area (Å²) in [7, 11) is 1.82. The number of carbonyl (C=O) groups is 2. The van der Waals surface area contributed by atoms with Crippen molar-refractivity contribution >= 4 is 11.8 Å². The minimum Gasteiger partial charge on any atom is -0.343 e. The van der Waals surface area contributed by atoms with Crippen LogP contribution in [0.2, 0.25) is 0 Å². The van der Waals surface area contributed by atoms with E-state index in [0.29, 0.717) is 5.92 Å². The molecule has 1 aliphatic carbocycles. The third kappa shape index (κ3) is 6.01. The lowest BCUT2D eigenvalue weighted by Crippen LogP contribution is -2.59. The summed E-state index contributed by atoms with van der Waals surface area (Å²) in [5.41, 5.74) is 1.37. The Morgan fingerprint density at radius 1 is 1.03 bits per heavy atom. The lowest BCUT2D eigenvalue weighted by atomic mass is 9.83. The summed E-state index contributed by atoms with van der Waals surface area (Å²) in [4.78, 5) is 31.7. The standard InChI is InChI=1S/C28H44N4O2/c1-3-24(29-2)27(33)30-26(23-12-8-5-9-13-23)28(34)32-19-16-22-15-18-31(20-25(22)32)17-14-21-10-6-4-7-11-21/h4,6-7,10-11,22-26,29H,3,5,8-9,12-20H2,1-2H3,(H,30,33)/t22-,24+,25-,26+/m1/s1. The Bertz CT molecular complexity index is 791. The molecular weight excluding hydrogens is 424 g/mol. The molecule has 1 saturated carbocycles. The van der Waals surface area contributed by atoms with E-state index in [9.17, 15) is 9.59 Å². The third-order valence-electron chi connectivity index (χ3n) is 8.55. The molecule has 3 aliphatic rings. The number of hydrogen-bond acceptors (Lipinski definition) is 4. The maximum Gasteiger partial charge on any atom is 0.245 e. The van der Waals surface area contributed by atoms with Crippen molar-refractivity contribution in [1.29, 1.82) is 0 Å². The number of likely N-dealkylation sites (tertiary alicyclic amines) is 2. The van der Waals surface area contributed by atoms with Crippen molar-refractivity contribution in [2.75, 3.05) is 33.2 Å². The van der Waals surface area contributed by atoms with E-state index in [1.54, 1.807) is 0 Å². The summed E-state index contributed by atoms with van der Waals surface area (Å²) in [5, 5.41) is 6.32. The number of fused-ring (bicyclic) bond motifs is 1. The minimum atomic E-state index is -0.381. The van der Waals surface area contributed by atoms with Crippen molar-refractivity contribution in [3.05, 3.63) is 35.9 Å². The predicted octanol–water partition coefficient (Wildman–Crippen LogP) is 3.22. The quantitative estimate of drug-likeness (QED) is 0.584. The molecule has 2 saturated heterocycles. The molecule has 1 aromatic rings. The van der Waals surface area contributed by atoms with Crippen molar-refractivity contribution in [1.82, 2.24) is 20.4 Å². The molecule has 6 heteroatoms. The molecule has 0 spiro atoms. The van der Waals surface area contributed by atoms with E-state index < -0.39 is 0 Å². The number of nitrogens with one attached hydrogen (secondary N) is 2. The monoisotopic (exact) mass is 468 g/mol. The SMILES string of the molecule is CC[C@H](NC)C(=O)N[C@H](C(=O)N1CC[C@H]2CCN(CCc3ccccc3)C[C@H]21)C1CCCCC1. The van der Waals surface area contributed by atoms with Crippen LogP contribution in [0.25, 0.3) is 0 Å². The molecule has 2 heterocycles. The molecule has 4 rings (SSSR count). The Labute approximate surface area is 205 Å². The zero-order chi connectivity index (χ0) is 23.9. The molecule has 0 bridgehead atoms. The first-order valence-corrected chi connectivity index (χ1v) is 13.6. The lowest BCUT2D eigenvalue weighted by Gasteiger charge is -2.41. The molecule has 2 aliphatic heterocycles. The number of carbonyl (C=O) groups excluding carboxylic acids is 2. The van der Waals surface area contributed by atoms with Gasteiger partial charge in [0.2, 0.25) is 11.8 Å². The zero-order valence-electron chi connectivity index (χ0n) is 21.2. The van der Waals surface area contributed by atoms with Crippen LogP contribution in [0.15, 0.2) is 30.3 Å². The van der Waals surface area contributed by atoms with Gasteiger partial charge in [0, 0.05) is 25.7 Å². The van der Waals surface area contributed by atoms with E-state index >= 15 is 0 Å². The molecule has 2 N–H and O–H groups in total. The highest BCUT2D eigenvalue weighted by Crippen LogP contribution is 2.34. The average molecular weight is 469 g/mol. The number of hydrogen-bond donors (Lipinski definition) is 2. The summed E-state index contributed by atoms with van der Waals surface area (Å²) in [6, 6.07) is 10.3. The van der Waals surface area contributed by atoms with Crippen LogP contribution in [-0.2, 0) is 16.0 Å². The van der Waals surface area contributed by atoms with Crippen LogP contribution >= 0.6 is 0 Å². The average Bonchev–Trinajstić information content (AvgIpc) is 3.31.